The average Bonchev–Trinajstić information content (AvgIpc) is 3.12. The number of phenolic OH excluding ortho intramolecular Hbond substituents is 1. The molecule has 1 N–H and O–H groups in total. The third-order valence-corrected chi connectivity index (χ3v) is 5.90. The summed E-state index contributed by atoms with van der Waals surface area (Å²) in [6.07, 6.45) is -3.55. The van der Waals surface area contributed by atoms with E-state index in [1.54, 1.807) is 0 Å². The molecule has 0 saturated carbocycles. The Morgan fingerprint density at radius 3 is 2.60 bits per heavy atom. The van der Waals surface area contributed by atoms with Gasteiger partial charge in [-0.15, -0.1) is 0 Å². The van der Waals surface area contributed by atoms with E-state index in [4.69, 9.17) is 4.74 Å². The lowest BCUT2D eigenvalue weighted by atomic mass is 10.0. The van der Waals surface area contributed by atoms with Crippen LogP contribution in [-0.2, 0) is 19.6 Å². The standard InChI is InChI=1S/C23H18F5N5O2/c1-32-10-12(7-11-5-3-4-6-16(11)32)35-22-29-9-14-19(31-33(2)21(14)30-22)13-8-15(23(26,27)28)18(25)20(34)17(13)24/h3-6,8-9,12,34H,7,10H2,1-2H3. The molecule has 3 heterocycles. The lowest BCUT2D eigenvalue weighted by Gasteiger charge is -2.32. The molecule has 0 fully saturated rings. The molecule has 12 heteroatoms. The normalized spacial score (nSPS) is 16.0. The number of aryl methyl sites for hydroxylation is 1. The fourth-order valence-corrected chi connectivity index (χ4v) is 4.28. The van der Waals surface area contributed by atoms with Gasteiger partial charge in [0.2, 0.25) is 0 Å². The molecule has 0 saturated heterocycles. The Balaban J connectivity index is 1.51. The Kier molecular flexibility index (Phi) is 5.26. The summed E-state index contributed by atoms with van der Waals surface area (Å²) in [7, 11) is 3.40. The van der Waals surface area contributed by atoms with Crippen molar-refractivity contribution in [1.29, 1.82) is 0 Å². The van der Waals surface area contributed by atoms with Crippen LogP contribution < -0.4 is 9.64 Å². The third-order valence-electron chi connectivity index (χ3n) is 5.90. The predicted octanol–water partition coefficient (Wildman–Crippen LogP) is 4.47. The maximum atomic E-state index is 14.6. The van der Waals surface area contributed by atoms with Crippen molar-refractivity contribution in [3.63, 3.8) is 0 Å². The van der Waals surface area contributed by atoms with Crippen molar-refractivity contribution in [2.75, 3.05) is 18.5 Å². The molecule has 0 amide bonds. The number of para-hydroxylation sites is 1. The van der Waals surface area contributed by atoms with E-state index in [-0.39, 0.29) is 34.9 Å². The van der Waals surface area contributed by atoms with E-state index < -0.39 is 34.7 Å². The first-order valence-electron chi connectivity index (χ1n) is 10.5. The first-order valence-corrected chi connectivity index (χ1v) is 10.5. The number of aromatic nitrogens is 4. The molecule has 5 rings (SSSR count). The summed E-state index contributed by atoms with van der Waals surface area (Å²) in [5, 5.41) is 13.8. The van der Waals surface area contributed by atoms with Gasteiger partial charge in [-0.1, -0.05) is 18.2 Å². The largest absolute Gasteiger partial charge is 0.503 e. The summed E-state index contributed by atoms with van der Waals surface area (Å²) in [6.45, 7) is 0.579. The first-order chi connectivity index (χ1) is 16.5. The van der Waals surface area contributed by atoms with Crippen LogP contribution in [0.4, 0.5) is 27.6 Å². The van der Waals surface area contributed by atoms with E-state index in [2.05, 4.69) is 15.1 Å². The number of hydrogen-bond donors (Lipinski definition) is 1. The van der Waals surface area contributed by atoms with Crippen molar-refractivity contribution < 1.29 is 31.8 Å². The lowest BCUT2D eigenvalue weighted by molar-refractivity contribution is -0.140. The van der Waals surface area contributed by atoms with Gasteiger partial charge in [0.15, 0.2) is 23.0 Å². The van der Waals surface area contributed by atoms with Gasteiger partial charge in [-0.25, -0.2) is 18.4 Å². The van der Waals surface area contributed by atoms with E-state index in [0.29, 0.717) is 13.0 Å². The monoisotopic (exact) mass is 491 g/mol. The second-order valence-electron chi connectivity index (χ2n) is 8.26. The number of halogens is 5. The van der Waals surface area contributed by atoms with Crippen molar-refractivity contribution >= 4 is 16.7 Å². The molecule has 1 unspecified atom stereocenters. The van der Waals surface area contributed by atoms with Crippen LogP contribution in [0, 0.1) is 11.6 Å². The maximum Gasteiger partial charge on any atom is 0.419 e. The van der Waals surface area contributed by atoms with Gasteiger partial charge in [-0.2, -0.15) is 23.3 Å². The smallest absolute Gasteiger partial charge is 0.419 e. The first kappa shape index (κ1) is 22.8. The molecule has 7 nitrogen and oxygen atoms in total. The number of aromatic hydroxyl groups is 1. The van der Waals surface area contributed by atoms with Crippen LogP contribution >= 0.6 is 0 Å². The predicted molar refractivity (Wildman–Crippen MR) is 116 cm³/mol. The highest BCUT2D eigenvalue weighted by Crippen LogP contribution is 2.41. The Labute approximate surface area is 195 Å². The maximum absolute atomic E-state index is 14.6. The quantitative estimate of drug-likeness (QED) is 0.426. The fraction of sp³-hybridized carbons (Fsp3) is 0.261. The summed E-state index contributed by atoms with van der Waals surface area (Å²) >= 11 is 0. The summed E-state index contributed by atoms with van der Waals surface area (Å²) in [6, 6.07) is 8.19. The van der Waals surface area contributed by atoms with Crippen LogP contribution in [0.15, 0.2) is 36.5 Å². The zero-order chi connectivity index (χ0) is 25.1. The molecule has 182 valence electrons. The fourth-order valence-electron chi connectivity index (χ4n) is 4.28. The number of benzene rings is 2. The number of fused-ring (bicyclic) bond motifs is 2. The minimum Gasteiger partial charge on any atom is -0.503 e. The molecule has 1 aliphatic heterocycles. The molecule has 0 aliphatic carbocycles. The van der Waals surface area contributed by atoms with Gasteiger partial charge in [-0.3, -0.25) is 0 Å². The Morgan fingerprint density at radius 1 is 1.11 bits per heavy atom. The van der Waals surface area contributed by atoms with Crippen LogP contribution in [0.5, 0.6) is 11.8 Å². The number of anilines is 1. The van der Waals surface area contributed by atoms with Crippen LogP contribution in [0.25, 0.3) is 22.3 Å². The van der Waals surface area contributed by atoms with Crippen molar-refractivity contribution in [2.24, 2.45) is 7.05 Å². The van der Waals surface area contributed by atoms with Gasteiger partial charge in [-0.05, 0) is 17.7 Å². The minimum atomic E-state index is -5.15. The van der Waals surface area contributed by atoms with Crippen molar-refractivity contribution in [1.82, 2.24) is 19.7 Å². The number of hydrogen-bond acceptors (Lipinski definition) is 6. The SMILES string of the molecule is CN1CC(Oc2ncc3c(-c4cc(C(F)(F)F)c(F)c(O)c4F)nn(C)c3n2)Cc2ccccc21. The summed E-state index contributed by atoms with van der Waals surface area (Å²) in [5.41, 5.74) is -0.465. The molecule has 0 radical (unpaired) electrons. The number of likely N-dealkylation sites (N-methyl/N-ethyl adjacent to an activating group) is 1. The van der Waals surface area contributed by atoms with Gasteiger partial charge in [0, 0.05) is 38.0 Å². The topological polar surface area (TPSA) is 76.3 Å². The van der Waals surface area contributed by atoms with Gasteiger partial charge in [0.05, 0.1) is 17.5 Å². The Morgan fingerprint density at radius 2 is 1.86 bits per heavy atom. The van der Waals surface area contributed by atoms with E-state index in [9.17, 15) is 27.1 Å². The van der Waals surface area contributed by atoms with Crippen LogP contribution in [0.3, 0.4) is 0 Å². The minimum absolute atomic E-state index is 0.0169. The number of ether oxygens (including phenoxy) is 1. The molecular weight excluding hydrogens is 473 g/mol. The lowest BCUT2D eigenvalue weighted by Crippen LogP contribution is -2.39. The van der Waals surface area contributed by atoms with Crippen molar-refractivity contribution in [3.8, 4) is 23.0 Å². The number of nitrogens with zero attached hydrogens (tertiary/aromatic N) is 5. The second-order valence-corrected chi connectivity index (χ2v) is 8.26. The molecule has 35 heavy (non-hydrogen) atoms. The van der Waals surface area contributed by atoms with Gasteiger partial charge >= 0.3 is 12.2 Å². The molecule has 0 bridgehead atoms. The third kappa shape index (κ3) is 3.88. The van der Waals surface area contributed by atoms with Crippen molar-refractivity contribution in [2.45, 2.75) is 18.7 Å². The molecule has 1 atom stereocenters. The van der Waals surface area contributed by atoms with E-state index >= 15 is 0 Å². The summed E-state index contributed by atoms with van der Waals surface area (Å²) in [4.78, 5) is 10.5. The molecule has 4 aromatic rings. The van der Waals surface area contributed by atoms with E-state index in [1.807, 2.05) is 36.2 Å². The van der Waals surface area contributed by atoms with E-state index in [1.165, 1.54) is 17.9 Å². The summed E-state index contributed by atoms with van der Waals surface area (Å²) < 4.78 is 75.4. The summed E-state index contributed by atoms with van der Waals surface area (Å²) in [5.74, 6) is -5.40. The average molecular weight is 491 g/mol. The van der Waals surface area contributed by atoms with Crippen LogP contribution in [0.1, 0.15) is 11.1 Å². The van der Waals surface area contributed by atoms with Crippen LogP contribution in [-0.4, -0.2) is 44.6 Å². The van der Waals surface area contributed by atoms with Gasteiger partial charge in [0.1, 0.15) is 11.8 Å². The molecule has 2 aromatic heterocycles. The highest BCUT2D eigenvalue weighted by atomic mass is 19.4. The zero-order valence-electron chi connectivity index (χ0n) is 18.4. The number of rotatable bonds is 3. The van der Waals surface area contributed by atoms with Gasteiger partial charge < -0.3 is 14.7 Å². The van der Waals surface area contributed by atoms with Crippen LogP contribution in [0.2, 0.25) is 0 Å². The molecule has 2 aromatic carbocycles. The molecule has 0 spiro atoms. The Hall–Kier alpha value is -3.96. The van der Waals surface area contributed by atoms with Crippen molar-refractivity contribution in [3.05, 3.63) is 59.3 Å². The number of phenols is 1. The van der Waals surface area contributed by atoms with Gasteiger partial charge in [0.25, 0.3) is 0 Å². The highest BCUT2D eigenvalue weighted by Gasteiger charge is 2.38. The highest BCUT2D eigenvalue weighted by molar-refractivity contribution is 5.91. The zero-order valence-corrected chi connectivity index (χ0v) is 18.4. The van der Waals surface area contributed by atoms with E-state index in [0.717, 1.165) is 11.3 Å². The second kappa shape index (κ2) is 8.07. The molecule has 1 aliphatic rings. The molecular formula is C23H18F5N5O2. The number of alkyl halides is 3. The Bertz CT molecular complexity index is 1450.